The van der Waals surface area contributed by atoms with Gasteiger partial charge in [-0.2, -0.15) is 5.10 Å². The van der Waals surface area contributed by atoms with Gasteiger partial charge in [-0.25, -0.2) is 4.98 Å². The van der Waals surface area contributed by atoms with Crippen LogP contribution in [-0.4, -0.2) is 40.3 Å². The number of para-hydroxylation sites is 2. The molecule has 2 heterocycles. The maximum Gasteiger partial charge on any atom is 0.269 e. The standard InChI is InChI=1S/C21H21N5O3/c1-12(20-23-14-6-4-5-7-15(14)24-20)22-21(27)17-11-16(25-26-17)13-8-9-18(28-2)19(10-13)29-3/h4-12H,1-3H3,(H,22,27)(H,23,24)(H,25,26). The van der Waals surface area contributed by atoms with E-state index in [4.69, 9.17) is 9.47 Å². The third-order valence-corrected chi connectivity index (χ3v) is 4.67. The van der Waals surface area contributed by atoms with Crippen molar-refractivity contribution >= 4 is 16.9 Å². The number of carbonyl (C=O) groups is 1. The van der Waals surface area contributed by atoms with E-state index in [1.807, 2.05) is 43.3 Å². The van der Waals surface area contributed by atoms with E-state index in [2.05, 4.69) is 25.5 Å². The number of methoxy groups -OCH3 is 2. The Bertz CT molecular complexity index is 1130. The third-order valence-electron chi connectivity index (χ3n) is 4.67. The maximum absolute atomic E-state index is 12.6. The second-order valence-electron chi connectivity index (χ2n) is 6.57. The number of carbonyl (C=O) groups excluding carboxylic acids is 1. The molecule has 0 fully saturated rings. The first-order valence-electron chi connectivity index (χ1n) is 9.12. The number of aromatic nitrogens is 4. The molecule has 8 heteroatoms. The van der Waals surface area contributed by atoms with Crippen LogP contribution >= 0.6 is 0 Å². The number of H-pyrrole nitrogens is 2. The highest BCUT2D eigenvalue weighted by atomic mass is 16.5. The minimum absolute atomic E-state index is 0.266. The van der Waals surface area contributed by atoms with Gasteiger partial charge < -0.3 is 19.8 Å². The van der Waals surface area contributed by atoms with Gasteiger partial charge in [-0.15, -0.1) is 0 Å². The summed E-state index contributed by atoms with van der Waals surface area (Å²) in [4.78, 5) is 20.4. The highest BCUT2D eigenvalue weighted by Gasteiger charge is 2.17. The van der Waals surface area contributed by atoms with Crippen LogP contribution in [0, 0.1) is 0 Å². The topological polar surface area (TPSA) is 105 Å². The predicted molar refractivity (Wildman–Crippen MR) is 109 cm³/mol. The van der Waals surface area contributed by atoms with Crippen LogP contribution in [-0.2, 0) is 0 Å². The summed E-state index contributed by atoms with van der Waals surface area (Å²) in [5, 5.41) is 9.97. The lowest BCUT2D eigenvalue weighted by Gasteiger charge is -2.10. The number of aromatic amines is 2. The van der Waals surface area contributed by atoms with Crippen molar-refractivity contribution < 1.29 is 14.3 Å². The largest absolute Gasteiger partial charge is 0.493 e. The number of rotatable bonds is 6. The molecule has 4 rings (SSSR count). The van der Waals surface area contributed by atoms with Crippen LogP contribution in [0.5, 0.6) is 11.5 Å². The van der Waals surface area contributed by atoms with E-state index < -0.39 is 0 Å². The van der Waals surface area contributed by atoms with Crippen molar-refractivity contribution in [2.75, 3.05) is 14.2 Å². The van der Waals surface area contributed by atoms with Crippen molar-refractivity contribution in [3.8, 4) is 22.8 Å². The van der Waals surface area contributed by atoms with Crippen molar-refractivity contribution in [1.29, 1.82) is 0 Å². The van der Waals surface area contributed by atoms with Gasteiger partial charge in [0.2, 0.25) is 0 Å². The second kappa shape index (κ2) is 7.67. The number of hydrogen-bond acceptors (Lipinski definition) is 5. The summed E-state index contributed by atoms with van der Waals surface area (Å²) in [6, 6.07) is 14.6. The molecule has 29 heavy (non-hydrogen) atoms. The number of amides is 1. The van der Waals surface area contributed by atoms with E-state index >= 15 is 0 Å². The molecule has 0 saturated carbocycles. The summed E-state index contributed by atoms with van der Waals surface area (Å²) in [5.41, 5.74) is 3.59. The predicted octanol–water partition coefficient (Wildman–Crippen LogP) is 3.46. The summed E-state index contributed by atoms with van der Waals surface area (Å²) < 4.78 is 10.6. The Labute approximate surface area is 167 Å². The lowest BCUT2D eigenvalue weighted by atomic mass is 10.1. The molecule has 1 unspecified atom stereocenters. The summed E-state index contributed by atoms with van der Waals surface area (Å²) in [6.45, 7) is 1.88. The molecule has 1 amide bonds. The van der Waals surface area contributed by atoms with Gasteiger partial charge >= 0.3 is 0 Å². The van der Waals surface area contributed by atoms with Crippen LogP contribution in [0.3, 0.4) is 0 Å². The van der Waals surface area contributed by atoms with Crippen LogP contribution in [0.2, 0.25) is 0 Å². The van der Waals surface area contributed by atoms with Gasteiger partial charge in [-0.3, -0.25) is 9.89 Å². The van der Waals surface area contributed by atoms with Crippen molar-refractivity contribution in [2.24, 2.45) is 0 Å². The lowest BCUT2D eigenvalue weighted by Crippen LogP contribution is -2.27. The zero-order valence-corrected chi connectivity index (χ0v) is 16.3. The SMILES string of the molecule is COc1ccc(-c2cc(C(=O)NC(C)c3nc4ccccc4[nH]3)[nH]n2)cc1OC. The number of nitrogens with one attached hydrogen (secondary N) is 3. The molecule has 0 aliphatic carbocycles. The minimum atomic E-state index is -0.289. The number of hydrogen-bond donors (Lipinski definition) is 3. The quantitative estimate of drug-likeness (QED) is 0.467. The molecule has 2 aromatic carbocycles. The monoisotopic (exact) mass is 391 g/mol. The van der Waals surface area contributed by atoms with Gasteiger partial charge in [0.1, 0.15) is 11.5 Å². The Morgan fingerprint density at radius 1 is 1.07 bits per heavy atom. The highest BCUT2D eigenvalue weighted by Crippen LogP contribution is 2.31. The van der Waals surface area contributed by atoms with Gasteiger partial charge in [0.15, 0.2) is 11.5 Å². The molecular formula is C21H21N5O3. The zero-order valence-electron chi connectivity index (χ0n) is 16.3. The molecule has 0 saturated heterocycles. The molecular weight excluding hydrogens is 370 g/mol. The van der Waals surface area contributed by atoms with Crippen LogP contribution in [0.4, 0.5) is 0 Å². The molecule has 1 atom stereocenters. The summed E-state index contributed by atoms with van der Waals surface area (Å²) in [5.74, 6) is 1.65. The van der Waals surface area contributed by atoms with E-state index in [-0.39, 0.29) is 11.9 Å². The maximum atomic E-state index is 12.6. The Morgan fingerprint density at radius 2 is 1.86 bits per heavy atom. The normalized spacial score (nSPS) is 12.0. The fourth-order valence-electron chi connectivity index (χ4n) is 3.10. The third kappa shape index (κ3) is 3.64. The molecule has 0 aliphatic heterocycles. The summed E-state index contributed by atoms with van der Waals surface area (Å²) in [7, 11) is 3.15. The van der Waals surface area contributed by atoms with Crippen molar-refractivity contribution in [3.63, 3.8) is 0 Å². The number of ether oxygens (including phenoxy) is 2. The lowest BCUT2D eigenvalue weighted by molar-refractivity contribution is 0.0933. The van der Waals surface area contributed by atoms with Gasteiger partial charge in [-0.05, 0) is 43.3 Å². The molecule has 4 aromatic rings. The molecule has 148 valence electrons. The molecule has 0 bridgehead atoms. The average molecular weight is 391 g/mol. The number of nitrogens with zero attached hydrogens (tertiary/aromatic N) is 2. The van der Waals surface area contributed by atoms with Crippen LogP contribution in [0.1, 0.15) is 29.3 Å². The van der Waals surface area contributed by atoms with Gasteiger partial charge in [0, 0.05) is 5.56 Å². The number of imidazole rings is 1. The summed E-state index contributed by atoms with van der Waals surface area (Å²) >= 11 is 0. The van der Waals surface area contributed by atoms with Gasteiger partial charge in [0.25, 0.3) is 5.91 Å². The smallest absolute Gasteiger partial charge is 0.269 e. The van der Waals surface area contributed by atoms with Crippen LogP contribution in [0.25, 0.3) is 22.3 Å². The van der Waals surface area contributed by atoms with Crippen molar-refractivity contribution in [3.05, 3.63) is 60.0 Å². The minimum Gasteiger partial charge on any atom is -0.493 e. The van der Waals surface area contributed by atoms with E-state index in [1.165, 1.54) is 0 Å². The van der Waals surface area contributed by atoms with Crippen LogP contribution < -0.4 is 14.8 Å². The summed E-state index contributed by atoms with van der Waals surface area (Å²) in [6.07, 6.45) is 0. The second-order valence-corrected chi connectivity index (χ2v) is 6.57. The van der Waals surface area contributed by atoms with Gasteiger partial charge in [0.05, 0.1) is 37.0 Å². The Hall–Kier alpha value is -3.81. The number of fused-ring (bicyclic) bond motifs is 1. The Balaban J connectivity index is 1.51. The highest BCUT2D eigenvalue weighted by molar-refractivity contribution is 5.93. The fourth-order valence-corrected chi connectivity index (χ4v) is 3.10. The van der Waals surface area contributed by atoms with E-state index in [9.17, 15) is 4.79 Å². The van der Waals surface area contributed by atoms with Crippen molar-refractivity contribution in [1.82, 2.24) is 25.5 Å². The molecule has 0 radical (unpaired) electrons. The van der Waals surface area contributed by atoms with Crippen LogP contribution in [0.15, 0.2) is 48.5 Å². The first-order valence-corrected chi connectivity index (χ1v) is 9.12. The van der Waals surface area contributed by atoms with E-state index in [0.717, 1.165) is 16.6 Å². The molecule has 2 aromatic heterocycles. The van der Waals surface area contributed by atoms with Crippen molar-refractivity contribution in [2.45, 2.75) is 13.0 Å². The molecule has 3 N–H and O–H groups in total. The molecule has 0 aliphatic rings. The first-order chi connectivity index (χ1) is 14.1. The number of benzene rings is 2. The Kier molecular flexibility index (Phi) is 4.90. The van der Waals surface area contributed by atoms with E-state index in [0.29, 0.717) is 28.7 Å². The molecule has 0 spiro atoms. The zero-order chi connectivity index (χ0) is 20.4. The first kappa shape index (κ1) is 18.5. The fraction of sp³-hybridized carbons (Fsp3) is 0.190. The van der Waals surface area contributed by atoms with E-state index in [1.54, 1.807) is 26.4 Å². The van der Waals surface area contributed by atoms with Gasteiger partial charge in [-0.1, -0.05) is 12.1 Å². The Morgan fingerprint density at radius 3 is 2.62 bits per heavy atom. The molecule has 8 nitrogen and oxygen atoms in total. The average Bonchev–Trinajstić information content (AvgIpc) is 3.40.